The second-order valence-electron chi connectivity index (χ2n) is 15.2. The molecule has 12 rings (SSSR count). The Kier molecular flexibility index (Phi) is 7.81. The van der Waals surface area contributed by atoms with Crippen LogP contribution in [0.2, 0.25) is 0 Å². The van der Waals surface area contributed by atoms with Crippen LogP contribution in [0.5, 0.6) is 0 Å². The number of hydrogen-bond acceptors (Lipinski definition) is 5. The van der Waals surface area contributed by atoms with Crippen molar-refractivity contribution >= 4 is 84.8 Å². The molecule has 6 heteroatoms. The van der Waals surface area contributed by atoms with Crippen molar-refractivity contribution in [1.82, 2.24) is 20.5 Å². The number of aromatic nitrogens is 1. The zero-order valence-electron chi connectivity index (χ0n) is 31.1. The molecule has 1 aliphatic heterocycles. The smallest absolute Gasteiger partial charge is 0.0871 e. The molecule has 3 N–H and O–H groups in total. The van der Waals surface area contributed by atoms with Crippen LogP contribution in [0.3, 0.4) is 0 Å². The van der Waals surface area contributed by atoms with Gasteiger partial charge in [0.15, 0.2) is 0 Å². The van der Waals surface area contributed by atoms with Crippen molar-refractivity contribution in [3.05, 3.63) is 187 Å². The van der Waals surface area contributed by atoms with Gasteiger partial charge in [0.2, 0.25) is 0 Å². The van der Waals surface area contributed by atoms with Crippen LogP contribution in [-0.4, -0.2) is 10.7 Å². The molecule has 3 unspecified atom stereocenters. The van der Waals surface area contributed by atoms with Crippen molar-refractivity contribution in [3.63, 3.8) is 0 Å². The Morgan fingerprint density at radius 2 is 1.21 bits per heavy atom. The van der Waals surface area contributed by atoms with Crippen molar-refractivity contribution in [2.24, 2.45) is 0 Å². The summed E-state index contributed by atoms with van der Waals surface area (Å²) in [6.45, 7) is 0. The van der Waals surface area contributed by atoms with E-state index in [1.165, 1.54) is 95.7 Å². The average molecular weight is 771 g/mol. The van der Waals surface area contributed by atoms with E-state index in [0.717, 1.165) is 12.8 Å². The highest BCUT2D eigenvalue weighted by Gasteiger charge is 2.31. The van der Waals surface area contributed by atoms with Gasteiger partial charge < -0.3 is 4.57 Å². The van der Waals surface area contributed by atoms with E-state index in [4.69, 9.17) is 0 Å². The van der Waals surface area contributed by atoms with E-state index >= 15 is 0 Å². The first-order valence-electron chi connectivity index (χ1n) is 19.8. The minimum Gasteiger partial charge on any atom is -0.308 e. The number of para-hydroxylation sites is 2. The molecular formula is C51H38N4S2. The van der Waals surface area contributed by atoms with Gasteiger partial charge in [-0.3, -0.25) is 16.0 Å². The van der Waals surface area contributed by atoms with Gasteiger partial charge in [-0.2, -0.15) is 0 Å². The normalized spacial score (nSPS) is 18.7. The summed E-state index contributed by atoms with van der Waals surface area (Å²) >= 11 is 3.79. The summed E-state index contributed by atoms with van der Waals surface area (Å²) in [5, 5.41) is 19.6. The molecule has 1 aliphatic carbocycles. The summed E-state index contributed by atoms with van der Waals surface area (Å²) in [6, 6.07) is 56.0. The maximum atomic E-state index is 3.97. The lowest BCUT2D eigenvalue weighted by Crippen LogP contribution is -2.59. The number of nitrogens with zero attached hydrogens (tertiary/aromatic N) is 1. The van der Waals surface area contributed by atoms with Crippen LogP contribution in [0.15, 0.2) is 175 Å². The first-order valence-corrected chi connectivity index (χ1v) is 21.5. The van der Waals surface area contributed by atoms with E-state index in [1.54, 1.807) is 0 Å². The van der Waals surface area contributed by atoms with Gasteiger partial charge in [0.05, 0.1) is 39.9 Å². The quantitative estimate of drug-likeness (QED) is 0.163. The molecule has 57 heavy (non-hydrogen) atoms. The molecule has 0 saturated carbocycles. The van der Waals surface area contributed by atoms with Crippen molar-refractivity contribution < 1.29 is 0 Å². The van der Waals surface area contributed by atoms with Crippen molar-refractivity contribution in [2.45, 2.75) is 31.3 Å². The third kappa shape index (κ3) is 5.37. The van der Waals surface area contributed by atoms with Gasteiger partial charge in [-0.25, -0.2) is 0 Å². The Hall–Kier alpha value is -5.86. The lowest BCUT2D eigenvalue weighted by molar-refractivity contribution is 0.225. The van der Waals surface area contributed by atoms with Crippen LogP contribution in [0.1, 0.15) is 36.3 Å². The van der Waals surface area contributed by atoms with Crippen LogP contribution < -0.4 is 16.0 Å². The average Bonchev–Trinajstić information content (AvgIpc) is 3.96. The van der Waals surface area contributed by atoms with Crippen molar-refractivity contribution in [2.75, 3.05) is 0 Å². The Morgan fingerprint density at radius 1 is 0.509 bits per heavy atom. The second-order valence-corrected chi connectivity index (χ2v) is 17.4. The van der Waals surface area contributed by atoms with Gasteiger partial charge in [0, 0.05) is 46.4 Å². The second kappa shape index (κ2) is 13.4. The third-order valence-electron chi connectivity index (χ3n) is 12.0. The molecule has 0 amide bonds. The Balaban J connectivity index is 1.01. The zero-order chi connectivity index (χ0) is 37.5. The summed E-state index contributed by atoms with van der Waals surface area (Å²) in [6.07, 6.45) is 9.07. The molecule has 7 aromatic carbocycles. The first kappa shape index (κ1) is 33.3. The molecule has 0 spiro atoms. The minimum absolute atomic E-state index is 0.00808. The summed E-state index contributed by atoms with van der Waals surface area (Å²) in [5.41, 5.74) is 10.0. The van der Waals surface area contributed by atoms with E-state index in [2.05, 4.69) is 190 Å². The van der Waals surface area contributed by atoms with Crippen molar-refractivity contribution in [1.29, 1.82) is 0 Å². The fraction of sp³-hybridized carbons (Fsp3) is 0.0980. The monoisotopic (exact) mass is 770 g/mol. The van der Waals surface area contributed by atoms with Gasteiger partial charge in [0.25, 0.3) is 0 Å². The van der Waals surface area contributed by atoms with Crippen LogP contribution >= 0.6 is 22.7 Å². The summed E-state index contributed by atoms with van der Waals surface area (Å²) < 4.78 is 7.69. The molecule has 2 aliphatic rings. The molecule has 1 fully saturated rings. The predicted octanol–water partition coefficient (Wildman–Crippen LogP) is 13.3. The fourth-order valence-corrected chi connectivity index (χ4v) is 11.7. The van der Waals surface area contributed by atoms with Gasteiger partial charge in [0.1, 0.15) is 0 Å². The molecular weight excluding hydrogens is 733 g/mol. The predicted molar refractivity (Wildman–Crippen MR) is 244 cm³/mol. The highest BCUT2D eigenvalue weighted by molar-refractivity contribution is 7.26. The van der Waals surface area contributed by atoms with Crippen LogP contribution in [0, 0.1) is 0 Å². The number of benzene rings is 7. The van der Waals surface area contributed by atoms with E-state index < -0.39 is 0 Å². The SMILES string of the molecule is C1=CC(C2NC(c3ccccc3)NC(c3cccc4sc5ccc(-c6cccc7sc8c(-n9c%10ccccc%10c%10ccccc%109)cccc8c67)cc5c34)N2)=CCC1. The van der Waals surface area contributed by atoms with E-state index in [-0.39, 0.29) is 18.5 Å². The van der Waals surface area contributed by atoms with Crippen LogP contribution in [-0.2, 0) is 0 Å². The maximum absolute atomic E-state index is 3.97. The third-order valence-corrected chi connectivity index (χ3v) is 14.3. The molecule has 3 atom stereocenters. The number of rotatable bonds is 5. The Morgan fingerprint density at radius 3 is 2.02 bits per heavy atom. The van der Waals surface area contributed by atoms with Crippen LogP contribution in [0.4, 0.5) is 0 Å². The summed E-state index contributed by atoms with van der Waals surface area (Å²) in [5.74, 6) is 0. The zero-order valence-corrected chi connectivity index (χ0v) is 32.7. The lowest BCUT2D eigenvalue weighted by Gasteiger charge is -2.40. The molecule has 10 aromatic rings. The molecule has 0 radical (unpaired) electrons. The fourth-order valence-electron chi connectivity index (χ4n) is 9.40. The molecule has 1 saturated heterocycles. The molecule has 4 nitrogen and oxygen atoms in total. The molecule has 4 heterocycles. The highest BCUT2D eigenvalue weighted by Crippen LogP contribution is 2.46. The van der Waals surface area contributed by atoms with Gasteiger partial charge in [-0.05, 0) is 83.1 Å². The highest BCUT2D eigenvalue weighted by atomic mass is 32.1. The van der Waals surface area contributed by atoms with Gasteiger partial charge in [-0.15, -0.1) is 22.7 Å². The Labute approximate surface area is 338 Å². The number of nitrogens with one attached hydrogen (secondary N) is 3. The van der Waals surface area contributed by atoms with Crippen LogP contribution in [0.25, 0.3) is 79.0 Å². The first-order chi connectivity index (χ1) is 28.3. The van der Waals surface area contributed by atoms with E-state index in [9.17, 15) is 0 Å². The van der Waals surface area contributed by atoms with E-state index in [1.807, 2.05) is 22.7 Å². The van der Waals surface area contributed by atoms with E-state index in [0.29, 0.717) is 0 Å². The topological polar surface area (TPSA) is 41.0 Å². The number of allylic oxidation sites excluding steroid dienone is 2. The number of thiophene rings is 2. The molecule has 3 aromatic heterocycles. The number of fused-ring (bicyclic) bond motifs is 9. The summed E-state index contributed by atoms with van der Waals surface area (Å²) in [7, 11) is 0. The summed E-state index contributed by atoms with van der Waals surface area (Å²) in [4.78, 5) is 0. The standard InChI is InChI=1S/C51H38N4S2/c1-3-14-31(15-4-1)49-52-50(32-16-5-2-6-17-32)54-51(53-49)38-22-13-26-44-47(38)39-30-33(28-29-43(39)56-44)34-20-12-27-45-46(34)37-21-11-25-42(48(37)57-45)55-40-23-9-7-18-35(40)36-19-8-10-24-41(36)55/h1,3-5,7-30,49-54H,2,6H2. The van der Waals surface area contributed by atoms with Gasteiger partial charge >= 0.3 is 0 Å². The van der Waals surface area contributed by atoms with Crippen molar-refractivity contribution in [3.8, 4) is 16.8 Å². The minimum atomic E-state index is -0.0636. The Bertz CT molecular complexity index is 3200. The largest absolute Gasteiger partial charge is 0.308 e. The maximum Gasteiger partial charge on any atom is 0.0871 e. The lowest BCUT2D eigenvalue weighted by atomic mass is 9.96. The molecule has 274 valence electrons. The molecule has 0 bridgehead atoms. The van der Waals surface area contributed by atoms with Gasteiger partial charge in [-0.1, -0.05) is 127 Å². The number of hydrogen-bond donors (Lipinski definition) is 3.